The van der Waals surface area contributed by atoms with Gasteiger partial charge in [0.2, 0.25) is 21.8 Å². The zero-order chi connectivity index (χ0) is 22.7. The molecule has 32 heavy (non-hydrogen) atoms. The zero-order valence-electron chi connectivity index (χ0n) is 17.7. The van der Waals surface area contributed by atoms with Crippen LogP contribution in [0.15, 0.2) is 53.4 Å². The number of nitrogens with one attached hydrogen (secondary N) is 1. The lowest BCUT2D eigenvalue weighted by atomic mass is 10.1. The molecule has 2 saturated heterocycles. The number of anilines is 2. The number of carbonyl (C=O) groups excluding carboxylic acids is 2. The van der Waals surface area contributed by atoms with E-state index >= 15 is 0 Å². The number of sulfonamides is 1. The summed E-state index contributed by atoms with van der Waals surface area (Å²) in [7, 11) is -2.12. The van der Waals surface area contributed by atoms with Gasteiger partial charge in [0.15, 0.2) is 0 Å². The van der Waals surface area contributed by atoms with Gasteiger partial charge in [-0.25, -0.2) is 8.42 Å². The smallest absolute Gasteiger partial charge is 0.243 e. The average Bonchev–Trinajstić information content (AvgIpc) is 3.21. The fourth-order valence-corrected chi connectivity index (χ4v) is 5.28. The molecule has 2 aromatic carbocycles. The summed E-state index contributed by atoms with van der Waals surface area (Å²) in [4.78, 5) is 27.0. The van der Waals surface area contributed by atoms with Crippen molar-refractivity contribution in [2.75, 3.05) is 50.2 Å². The lowest BCUT2D eigenvalue weighted by Crippen LogP contribution is -2.40. The van der Waals surface area contributed by atoms with Crippen molar-refractivity contribution in [2.45, 2.75) is 11.3 Å². The van der Waals surface area contributed by atoms with Gasteiger partial charge < -0.3 is 19.7 Å². The standard InChI is InChI=1S/C22H25N3O6S/c1-30-19-6-3-5-18(14-19)25-15-16(12-21(25)26)22(27)23-17-4-2-7-20(13-17)32(28,29)24-8-10-31-11-9-24/h2-7,13-14,16H,8-12,15H2,1H3,(H,23,27). The van der Waals surface area contributed by atoms with Crippen LogP contribution in [-0.4, -0.2) is 64.5 Å². The van der Waals surface area contributed by atoms with E-state index in [0.29, 0.717) is 43.4 Å². The Morgan fingerprint density at radius 3 is 2.62 bits per heavy atom. The van der Waals surface area contributed by atoms with Gasteiger partial charge in [0.1, 0.15) is 5.75 Å². The van der Waals surface area contributed by atoms with Crippen molar-refractivity contribution in [3.05, 3.63) is 48.5 Å². The highest BCUT2D eigenvalue weighted by Crippen LogP contribution is 2.29. The van der Waals surface area contributed by atoms with Crippen LogP contribution in [0.2, 0.25) is 0 Å². The first-order valence-corrected chi connectivity index (χ1v) is 11.8. The Morgan fingerprint density at radius 2 is 1.88 bits per heavy atom. The number of amides is 2. The van der Waals surface area contributed by atoms with Gasteiger partial charge in [-0.15, -0.1) is 0 Å². The SMILES string of the molecule is COc1cccc(N2CC(C(=O)Nc3cccc(S(=O)(=O)N4CCOCC4)c3)CC2=O)c1. The molecule has 0 aromatic heterocycles. The Morgan fingerprint density at radius 1 is 1.12 bits per heavy atom. The molecule has 2 aromatic rings. The summed E-state index contributed by atoms with van der Waals surface area (Å²) in [5.41, 5.74) is 1.04. The summed E-state index contributed by atoms with van der Waals surface area (Å²) >= 11 is 0. The second kappa shape index (κ2) is 9.27. The van der Waals surface area contributed by atoms with E-state index in [4.69, 9.17) is 9.47 Å². The van der Waals surface area contributed by atoms with E-state index in [1.807, 2.05) is 0 Å². The van der Waals surface area contributed by atoms with Gasteiger partial charge >= 0.3 is 0 Å². The van der Waals surface area contributed by atoms with E-state index in [1.165, 1.54) is 16.4 Å². The molecule has 2 fully saturated rings. The first-order valence-electron chi connectivity index (χ1n) is 10.3. The molecule has 4 rings (SSSR count). The van der Waals surface area contributed by atoms with E-state index in [1.54, 1.807) is 48.4 Å². The Bertz CT molecular complexity index is 1110. The first kappa shape index (κ1) is 22.3. The van der Waals surface area contributed by atoms with Crippen LogP contribution in [0.1, 0.15) is 6.42 Å². The maximum atomic E-state index is 12.9. The van der Waals surface area contributed by atoms with Crippen LogP contribution in [0.5, 0.6) is 5.75 Å². The molecule has 0 bridgehead atoms. The normalized spacial score (nSPS) is 19.7. The van der Waals surface area contributed by atoms with Crippen molar-refractivity contribution in [3.8, 4) is 5.75 Å². The van der Waals surface area contributed by atoms with Crippen molar-refractivity contribution in [1.82, 2.24) is 4.31 Å². The molecule has 0 saturated carbocycles. The second-order valence-corrected chi connectivity index (χ2v) is 9.58. The molecular weight excluding hydrogens is 434 g/mol. The molecule has 2 aliphatic rings. The molecule has 2 aliphatic heterocycles. The molecule has 1 atom stereocenters. The fourth-order valence-electron chi connectivity index (χ4n) is 3.83. The van der Waals surface area contributed by atoms with E-state index < -0.39 is 15.9 Å². The molecule has 2 amide bonds. The van der Waals surface area contributed by atoms with Gasteiger partial charge in [0, 0.05) is 43.5 Å². The van der Waals surface area contributed by atoms with Crippen LogP contribution in [0, 0.1) is 5.92 Å². The van der Waals surface area contributed by atoms with Crippen LogP contribution in [0.4, 0.5) is 11.4 Å². The molecule has 10 heteroatoms. The summed E-state index contributed by atoms with van der Waals surface area (Å²) in [5, 5.41) is 2.76. The molecule has 9 nitrogen and oxygen atoms in total. The molecule has 170 valence electrons. The third kappa shape index (κ3) is 4.62. The lowest BCUT2D eigenvalue weighted by molar-refractivity contribution is -0.122. The summed E-state index contributed by atoms with van der Waals surface area (Å²) < 4.78 is 37.6. The number of methoxy groups -OCH3 is 1. The molecule has 0 aliphatic carbocycles. The topological polar surface area (TPSA) is 105 Å². The van der Waals surface area contributed by atoms with Gasteiger partial charge in [0.05, 0.1) is 31.1 Å². The largest absolute Gasteiger partial charge is 0.497 e. The number of carbonyl (C=O) groups is 2. The Hall–Kier alpha value is -2.95. The number of nitrogens with zero attached hydrogens (tertiary/aromatic N) is 2. The van der Waals surface area contributed by atoms with E-state index in [0.717, 1.165) is 0 Å². The molecule has 2 heterocycles. The Labute approximate surface area is 187 Å². The number of morpholine rings is 1. The fraction of sp³-hybridized carbons (Fsp3) is 0.364. The summed E-state index contributed by atoms with van der Waals surface area (Å²) in [6.45, 7) is 1.54. The van der Waals surface area contributed by atoms with Crippen molar-refractivity contribution < 1.29 is 27.5 Å². The number of ether oxygens (including phenoxy) is 2. The van der Waals surface area contributed by atoms with Gasteiger partial charge in [-0.05, 0) is 30.3 Å². The van der Waals surface area contributed by atoms with Gasteiger partial charge in [-0.2, -0.15) is 4.31 Å². The van der Waals surface area contributed by atoms with Crippen LogP contribution in [0.25, 0.3) is 0 Å². The van der Waals surface area contributed by atoms with Crippen LogP contribution in [-0.2, 0) is 24.3 Å². The van der Waals surface area contributed by atoms with Gasteiger partial charge in [-0.3, -0.25) is 9.59 Å². The highest BCUT2D eigenvalue weighted by molar-refractivity contribution is 7.89. The van der Waals surface area contributed by atoms with Crippen LogP contribution >= 0.6 is 0 Å². The monoisotopic (exact) mass is 459 g/mol. The summed E-state index contributed by atoms with van der Waals surface area (Å²) in [5.74, 6) is -0.401. The number of rotatable bonds is 6. The van der Waals surface area contributed by atoms with Crippen molar-refractivity contribution in [2.24, 2.45) is 5.92 Å². The molecule has 0 radical (unpaired) electrons. The van der Waals surface area contributed by atoms with Crippen LogP contribution in [0.3, 0.4) is 0 Å². The molecule has 0 spiro atoms. The third-order valence-electron chi connectivity index (χ3n) is 5.57. The van der Waals surface area contributed by atoms with Crippen molar-refractivity contribution in [3.63, 3.8) is 0 Å². The maximum Gasteiger partial charge on any atom is 0.243 e. The lowest BCUT2D eigenvalue weighted by Gasteiger charge is -2.26. The molecule has 1 unspecified atom stereocenters. The molecule has 1 N–H and O–H groups in total. The minimum absolute atomic E-state index is 0.0782. The maximum absolute atomic E-state index is 12.9. The number of hydrogen-bond donors (Lipinski definition) is 1. The Balaban J connectivity index is 1.45. The summed E-state index contributed by atoms with van der Waals surface area (Å²) in [6, 6.07) is 13.3. The highest BCUT2D eigenvalue weighted by Gasteiger charge is 2.35. The number of hydrogen-bond acceptors (Lipinski definition) is 6. The minimum atomic E-state index is -3.67. The van der Waals surface area contributed by atoms with E-state index in [-0.39, 0.29) is 29.7 Å². The second-order valence-electron chi connectivity index (χ2n) is 7.64. The van der Waals surface area contributed by atoms with E-state index in [2.05, 4.69) is 5.32 Å². The first-order chi connectivity index (χ1) is 15.4. The summed E-state index contributed by atoms with van der Waals surface area (Å²) in [6.07, 6.45) is 0.0782. The van der Waals surface area contributed by atoms with E-state index in [9.17, 15) is 18.0 Å². The quantitative estimate of drug-likeness (QED) is 0.705. The average molecular weight is 460 g/mol. The number of benzene rings is 2. The Kier molecular flexibility index (Phi) is 6.45. The van der Waals surface area contributed by atoms with Crippen LogP contribution < -0.4 is 15.0 Å². The molecular formula is C22H25N3O6S. The zero-order valence-corrected chi connectivity index (χ0v) is 18.5. The van der Waals surface area contributed by atoms with Gasteiger partial charge in [0.25, 0.3) is 0 Å². The van der Waals surface area contributed by atoms with Crippen molar-refractivity contribution in [1.29, 1.82) is 0 Å². The van der Waals surface area contributed by atoms with Crippen molar-refractivity contribution >= 4 is 33.2 Å². The van der Waals surface area contributed by atoms with Gasteiger partial charge in [-0.1, -0.05) is 12.1 Å². The minimum Gasteiger partial charge on any atom is -0.497 e. The predicted molar refractivity (Wildman–Crippen MR) is 118 cm³/mol. The highest BCUT2D eigenvalue weighted by atomic mass is 32.2. The third-order valence-corrected chi connectivity index (χ3v) is 7.46. The predicted octanol–water partition coefficient (Wildman–Crippen LogP) is 1.71.